The third-order valence-electron chi connectivity index (χ3n) is 4.70. The maximum Gasteiger partial charge on any atom is 0.320 e. The highest BCUT2D eigenvalue weighted by atomic mass is 16.4. The third-order valence-corrected chi connectivity index (χ3v) is 4.70. The Bertz CT molecular complexity index is 261. The molecule has 0 spiro atoms. The van der Waals surface area contributed by atoms with Gasteiger partial charge >= 0.3 is 5.97 Å². The van der Waals surface area contributed by atoms with E-state index in [-0.39, 0.29) is 6.04 Å². The molecule has 18 heavy (non-hydrogen) atoms. The van der Waals surface area contributed by atoms with Crippen molar-refractivity contribution in [3.63, 3.8) is 0 Å². The van der Waals surface area contributed by atoms with E-state index in [0.717, 1.165) is 31.8 Å². The Balaban J connectivity index is 1.81. The molecule has 0 amide bonds. The van der Waals surface area contributed by atoms with Crippen LogP contribution in [0.25, 0.3) is 0 Å². The normalized spacial score (nSPS) is 27.9. The molecule has 3 nitrogen and oxygen atoms in total. The minimum atomic E-state index is -0.611. The molecule has 1 unspecified atom stereocenters. The number of carboxylic acids is 1. The van der Waals surface area contributed by atoms with Gasteiger partial charge in [-0.15, -0.1) is 0 Å². The van der Waals surface area contributed by atoms with Crippen molar-refractivity contribution in [3.8, 4) is 0 Å². The fourth-order valence-corrected chi connectivity index (χ4v) is 3.54. The second-order valence-electron chi connectivity index (χ2n) is 6.03. The molecule has 0 aromatic rings. The van der Waals surface area contributed by atoms with E-state index >= 15 is 0 Å². The summed E-state index contributed by atoms with van der Waals surface area (Å²) in [6.07, 6.45) is 12.4. The molecule has 0 radical (unpaired) electrons. The van der Waals surface area contributed by atoms with Crippen LogP contribution in [0.5, 0.6) is 0 Å². The van der Waals surface area contributed by atoms with E-state index in [4.69, 9.17) is 0 Å². The smallest absolute Gasteiger partial charge is 0.320 e. The number of carboxylic acid groups (broad SMARTS) is 1. The van der Waals surface area contributed by atoms with Gasteiger partial charge in [0.05, 0.1) is 0 Å². The quantitative estimate of drug-likeness (QED) is 0.836. The van der Waals surface area contributed by atoms with Gasteiger partial charge in [0.15, 0.2) is 0 Å². The molecule has 0 aromatic heterocycles. The summed E-state index contributed by atoms with van der Waals surface area (Å²) in [7, 11) is 0. The molecular weight excluding hydrogens is 226 g/mol. The van der Waals surface area contributed by atoms with Gasteiger partial charge in [-0.1, -0.05) is 44.9 Å². The van der Waals surface area contributed by atoms with E-state index in [1.54, 1.807) is 0 Å². The number of aliphatic carboxylic acids is 1. The fourth-order valence-electron chi connectivity index (χ4n) is 3.54. The predicted octanol–water partition coefficient (Wildman–Crippen LogP) is 3.29. The number of carbonyl (C=O) groups is 1. The van der Waals surface area contributed by atoms with E-state index in [0.29, 0.717) is 0 Å². The second-order valence-corrected chi connectivity index (χ2v) is 6.03. The summed E-state index contributed by atoms with van der Waals surface area (Å²) in [4.78, 5) is 13.6. The van der Waals surface area contributed by atoms with E-state index in [9.17, 15) is 9.90 Å². The Morgan fingerprint density at radius 2 is 1.67 bits per heavy atom. The zero-order valence-corrected chi connectivity index (χ0v) is 11.4. The van der Waals surface area contributed by atoms with Gasteiger partial charge < -0.3 is 5.11 Å². The van der Waals surface area contributed by atoms with Crippen LogP contribution in [0.15, 0.2) is 0 Å². The highest BCUT2D eigenvalue weighted by Gasteiger charge is 2.27. The van der Waals surface area contributed by atoms with Crippen LogP contribution in [0.2, 0.25) is 0 Å². The van der Waals surface area contributed by atoms with Crippen molar-refractivity contribution in [1.29, 1.82) is 0 Å². The third kappa shape index (κ3) is 3.98. The molecule has 104 valence electrons. The van der Waals surface area contributed by atoms with Crippen molar-refractivity contribution in [1.82, 2.24) is 4.90 Å². The van der Waals surface area contributed by atoms with Crippen LogP contribution in [0.1, 0.15) is 64.2 Å². The van der Waals surface area contributed by atoms with Crippen molar-refractivity contribution in [3.05, 3.63) is 0 Å². The highest BCUT2D eigenvalue weighted by Crippen LogP contribution is 2.27. The summed E-state index contributed by atoms with van der Waals surface area (Å²) >= 11 is 0. The van der Waals surface area contributed by atoms with E-state index in [1.807, 2.05) is 0 Å². The van der Waals surface area contributed by atoms with Gasteiger partial charge in [-0.25, -0.2) is 0 Å². The monoisotopic (exact) mass is 253 g/mol. The van der Waals surface area contributed by atoms with E-state index in [2.05, 4.69) is 4.90 Å². The average Bonchev–Trinajstić information content (AvgIpc) is 2.63. The molecule has 1 saturated carbocycles. The molecule has 1 N–H and O–H groups in total. The van der Waals surface area contributed by atoms with Gasteiger partial charge in [-0.2, -0.15) is 0 Å². The Labute approximate surface area is 111 Å². The molecule has 1 atom stereocenters. The Hall–Kier alpha value is -0.570. The first-order chi connectivity index (χ1) is 8.77. The Morgan fingerprint density at radius 3 is 2.39 bits per heavy atom. The Kier molecular flexibility index (Phi) is 5.48. The van der Waals surface area contributed by atoms with Crippen LogP contribution >= 0.6 is 0 Å². The largest absolute Gasteiger partial charge is 0.480 e. The summed E-state index contributed by atoms with van der Waals surface area (Å²) in [5, 5.41) is 9.33. The molecule has 2 aliphatic rings. The molecule has 0 aromatic carbocycles. The lowest BCUT2D eigenvalue weighted by Crippen LogP contribution is -2.41. The second kappa shape index (κ2) is 7.13. The summed E-state index contributed by atoms with van der Waals surface area (Å²) in [5.41, 5.74) is 0. The first-order valence-corrected chi connectivity index (χ1v) is 7.74. The lowest BCUT2D eigenvalue weighted by atomic mass is 9.87. The van der Waals surface area contributed by atoms with Crippen LogP contribution in [0, 0.1) is 5.92 Å². The summed E-state index contributed by atoms with van der Waals surface area (Å²) in [5.74, 6) is 0.247. The van der Waals surface area contributed by atoms with Gasteiger partial charge in [-0.05, 0) is 38.3 Å². The van der Waals surface area contributed by atoms with Crippen molar-refractivity contribution < 1.29 is 9.90 Å². The maximum atomic E-state index is 11.3. The average molecular weight is 253 g/mol. The number of likely N-dealkylation sites (tertiary alicyclic amines) is 1. The first-order valence-electron chi connectivity index (χ1n) is 7.74. The topological polar surface area (TPSA) is 40.5 Å². The number of nitrogens with zero attached hydrogens (tertiary/aromatic N) is 1. The van der Waals surface area contributed by atoms with Crippen LogP contribution in [0.4, 0.5) is 0 Å². The van der Waals surface area contributed by atoms with Gasteiger partial charge in [0, 0.05) is 0 Å². The molecular formula is C15H27NO2. The molecule has 1 heterocycles. The molecule has 1 saturated heterocycles. The number of rotatable bonds is 4. The van der Waals surface area contributed by atoms with E-state index < -0.39 is 5.97 Å². The van der Waals surface area contributed by atoms with Gasteiger partial charge in [0.25, 0.3) is 0 Å². The minimum Gasteiger partial charge on any atom is -0.480 e. The summed E-state index contributed by atoms with van der Waals surface area (Å²) < 4.78 is 0. The summed E-state index contributed by atoms with van der Waals surface area (Å²) in [6, 6.07) is -0.212. The van der Waals surface area contributed by atoms with Crippen molar-refractivity contribution in [2.75, 3.05) is 13.1 Å². The zero-order chi connectivity index (χ0) is 12.8. The van der Waals surface area contributed by atoms with Gasteiger partial charge in [0.2, 0.25) is 0 Å². The fraction of sp³-hybridized carbons (Fsp3) is 0.933. The molecule has 1 aliphatic carbocycles. The van der Waals surface area contributed by atoms with Crippen LogP contribution in [-0.2, 0) is 4.79 Å². The molecule has 3 heteroatoms. The molecule has 1 aliphatic heterocycles. The predicted molar refractivity (Wildman–Crippen MR) is 72.7 cm³/mol. The molecule has 2 rings (SSSR count). The summed E-state index contributed by atoms with van der Waals surface area (Å²) in [6.45, 7) is 1.99. The van der Waals surface area contributed by atoms with E-state index in [1.165, 1.54) is 51.4 Å². The maximum absolute atomic E-state index is 11.3. The van der Waals surface area contributed by atoms with Crippen molar-refractivity contribution >= 4 is 5.97 Å². The van der Waals surface area contributed by atoms with Gasteiger partial charge in [-0.3, -0.25) is 9.69 Å². The number of hydrogen-bond acceptors (Lipinski definition) is 2. The van der Waals surface area contributed by atoms with Crippen molar-refractivity contribution in [2.45, 2.75) is 70.3 Å². The highest BCUT2D eigenvalue weighted by molar-refractivity contribution is 5.73. The SMILES string of the molecule is O=C(O)C1CCCCCN1CCC1CCCCC1. The molecule has 2 fully saturated rings. The Morgan fingerprint density at radius 1 is 1.00 bits per heavy atom. The van der Waals surface area contributed by atoms with Crippen LogP contribution in [0.3, 0.4) is 0 Å². The lowest BCUT2D eigenvalue weighted by Gasteiger charge is -2.29. The first kappa shape index (κ1) is 13.9. The zero-order valence-electron chi connectivity index (χ0n) is 11.4. The standard InChI is InChI=1S/C15H27NO2/c17-15(18)14-9-5-2-6-11-16(14)12-10-13-7-3-1-4-8-13/h13-14H,1-12H2,(H,17,18). The molecule has 0 bridgehead atoms. The lowest BCUT2D eigenvalue weighted by molar-refractivity contribution is -0.143. The van der Waals surface area contributed by atoms with Crippen LogP contribution < -0.4 is 0 Å². The van der Waals surface area contributed by atoms with Crippen LogP contribution in [-0.4, -0.2) is 35.1 Å². The minimum absolute atomic E-state index is 0.212. The van der Waals surface area contributed by atoms with Crippen molar-refractivity contribution in [2.24, 2.45) is 5.92 Å². The number of hydrogen-bond donors (Lipinski definition) is 1. The van der Waals surface area contributed by atoms with Gasteiger partial charge in [0.1, 0.15) is 6.04 Å².